The average molecular weight is 265 g/mol. The van der Waals surface area contributed by atoms with Crippen LogP contribution in [0.5, 0.6) is 0 Å². The van der Waals surface area contributed by atoms with E-state index < -0.39 is 0 Å². The minimum absolute atomic E-state index is 0.256. The molecule has 1 fully saturated rings. The van der Waals surface area contributed by atoms with Crippen molar-refractivity contribution in [3.05, 3.63) is 0 Å². The molecule has 0 spiro atoms. The first-order valence-corrected chi connectivity index (χ1v) is 7.05. The van der Waals surface area contributed by atoms with Gasteiger partial charge in [-0.25, -0.2) is 0 Å². The summed E-state index contributed by atoms with van der Waals surface area (Å²) in [5.41, 5.74) is 0. The summed E-state index contributed by atoms with van der Waals surface area (Å²) in [5.74, 6) is 0. The van der Waals surface area contributed by atoms with Crippen molar-refractivity contribution in [3.8, 4) is 0 Å². The summed E-state index contributed by atoms with van der Waals surface area (Å²) < 4.78 is 3.36. The van der Waals surface area contributed by atoms with E-state index in [1.807, 2.05) is 0 Å². The molecule has 1 rings (SSSR count). The molecule has 0 atom stereocenters. The predicted octanol–water partition coefficient (Wildman–Crippen LogP) is 1.32. The van der Waals surface area contributed by atoms with E-state index in [4.69, 9.17) is 0 Å². The fourth-order valence-corrected chi connectivity index (χ4v) is 4.91. The molecule has 1 aliphatic heterocycles. The Morgan fingerprint density at radius 2 is 1.60 bits per heavy atom. The Hall–Kier alpha value is 0.883. The average Bonchev–Trinajstić information content (AvgIpc) is 1.76. The standard InChI is InChI=1S/C4H8.Bi/c1-3-4-2;/h1-4H2;. The molecule has 0 nitrogen and oxygen atoms in total. The van der Waals surface area contributed by atoms with Gasteiger partial charge in [-0.15, -0.1) is 0 Å². The van der Waals surface area contributed by atoms with E-state index in [-0.39, 0.29) is 23.2 Å². The van der Waals surface area contributed by atoms with E-state index in [1.54, 1.807) is 21.1 Å². The molecule has 0 unspecified atom stereocenters. The third-order valence-corrected chi connectivity index (χ3v) is 5.80. The van der Waals surface area contributed by atoms with Gasteiger partial charge >= 0.3 is 44.3 Å². The Balaban J connectivity index is 2.08. The van der Waals surface area contributed by atoms with E-state index in [2.05, 4.69) is 0 Å². The van der Waals surface area contributed by atoms with E-state index in [9.17, 15) is 0 Å². The van der Waals surface area contributed by atoms with Crippen LogP contribution >= 0.6 is 0 Å². The molecule has 1 radical (unpaired) electrons. The monoisotopic (exact) mass is 265 g/mol. The molecular formula is C4H8Bi. The first-order chi connectivity index (χ1) is 2.50. The van der Waals surface area contributed by atoms with Gasteiger partial charge in [-0.1, -0.05) is 0 Å². The van der Waals surface area contributed by atoms with Crippen molar-refractivity contribution < 1.29 is 0 Å². The first-order valence-electron chi connectivity index (χ1n) is 2.13. The molecule has 0 bridgehead atoms. The predicted molar refractivity (Wildman–Crippen MR) is 24.6 cm³/mol. The van der Waals surface area contributed by atoms with E-state index in [1.165, 1.54) is 0 Å². The third kappa shape index (κ3) is 1.17. The molecule has 1 saturated heterocycles. The summed E-state index contributed by atoms with van der Waals surface area (Å²) in [6.07, 6.45) is 3.16. The molecule has 0 N–H and O–H groups in total. The fraction of sp³-hybridized carbons (Fsp3) is 1.00. The summed E-state index contributed by atoms with van der Waals surface area (Å²) in [4.78, 5) is 0. The molecule has 0 aliphatic carbocycles. The molecule has 1 heteroatoms. The third-order valence-electron chi connectivity index (χ3n) is 0.882. The van der Waals surface area contributed by atoms with Crippen molar-refractivity contribution in [2.45, 2.75) is 21.1 Å². The topological polar surface area (TPSA) is 0 Å². The molecule has 1 heterocycles. The van der Waals surface area contributed by atoms with Crippen LogP contribution in [0.2, 0.25) is 8.26 Å². The number of hydrogen-bond donors (Lipinski definition) is 0. The molecule has 0 aromatic carbocycles. The van der Waals surface area contributed by atoms with Crippen LogP contribution in [0.3, 0.4) is 0 Å². The van der Waals surface area contributed by atoms with Gasteiger partial charge in [-0.2, -0.15) is 0 Å². The zero-order chi connectivity index (χ0) is 3.54. The van der Waals surface area contributed by atoms with Gasteiger partial charge in [0.15, 0.2) is 0 Å². The van der Waals surface area contributed by atoms with Crippen LogP contribution in [-0.2, 0) is 0 Å². The van der Waals surface area contributed by atoms with Gasteiger partial charge in [0, 0.05) is 0 Å². The maximum atomic E-state index is 1.68. The van der Waals surface area contributed by atoms with Crippen LogP contribution in [0.1, 0.15) is 12.8 Å². The van der Waals surface area contributed by atoms with Gasteiger partial charge in [0.2, 0.25) is 0 Å². The van der Waals surface area contributed by atoms with E-state index in [0.717, 1.165) is 0 Å². The fourth-order valence-electron chi connectivity index (χ4n) is 0.559. The van der Waals surface area contributed by atoms with Gasteiger partial charge in [0.05, 0.1) is 0 Å². The van der Waals surface area contributed by atoms with E-state index in [0.29, 0.717) is 0 Å². The Kier molecular flexibility index (Phi) is 1.72. The molecule has 0 saturated carbocycles. The summed E-state index contributed by atoms with van der Waals surface area (Å²) in [6.45, 7) is 0. The van der Waals surface area contributed by atoms with E-state index >= 15 is 0 Å². The van der Waals surface area contributed by atoms with Crippen molar-refractivity contribution in [1.82, 2.24) is 0 Å². The number of rotatable bonds is 0. The SMILES string of the molecule is C1C[CH2][Bi][CH2]1. The Labute approximate surface area is 44.5 Å². The quantitative estimate of drug-likeness (QED) is 0.579. The van der Waals surface area contributed by atoms with Gasteiger partial charge < -0.3 is 0 Å². The molecule has 5 heavy (non-hydrogen) atoms. The van der Waals surface area contributed by atoms with Crippen molar-refractivity contribution in [2.24, 2.45) is 0 Å². The van der Waals surface area contributed by atoms with Gasteiger partial charge in [-0.3, -0.25) is 0 Å². The zero-order valence-electron chi connectivity index (χ0n) is 3.28. The van der Waals surface area contributed by atoms with Crippen molar-refractivity contribution >= 4 is 23.2 Å². The summed E-state index contributed by atoms with van der Waals surface area (Å²) >= 11 is 0.256. The van der Waals surface area contributed by atoms with Crippen LogP contribution in [0.15, 0.2) is 0 Å². The summed E-state index contributed by atoms with van der Waals surface area (Å²) in [6, 6.07) is 0. The zero-order valence-corrected chi connectivity index (χ0v) is 6.75. The van der Waals surface area contributed by atoms with Crippen molar-refractivity contribution in [2.75, 3.05) is 0 Å². The molecule has 0 aromatic heterocycles. The van der Waals surface area contributed by atoms with Crippen molar-refractivity contribution in [1.29, 1.82) is 0 Å². The van der Waals surface area contributed by atoms with Crippen LogP contribution in [0.25, 0.3) is 0 Å². The number of hydrogen-bond acceptors (Lipinski definition) is 0. The summed E-state index contributed by atoms with van der Waals surface area (Å²) in [7, 11) is 0. The maximum absolute atomic E-state index is 1.68. The first kappa shape index (κ1) is 4.05. The van der Waals surface area contributed by atoms with Crippen LogP contribution < -0.4 is 0 Å². The van der Waals surface area contributed by atoms with Crippen LogP contribution in [0.4, 0.5) is 0 Å². The molecule has 0 aromatic rings. The van der Waals surface area contributed by atoms with Gasteiger partial charge in [-0.05, 0) is 0 Å². The van der Waals surface area contributed by atoms with Gasteiger partial charge in [0.1, 0.15) is 0 Å². The molecule has 1 aliphatic rings. The normalized spacial score (nSPS) is 24.0. The minimum atomic E-state index is 0.256. The molecular weight excluding hydrogens is 257 g/mol. The second-order valence-electron chi connectivity index (χ2n) is 1.38. The summed E-state index contributed by atoms with van der Waals surface area (Å²) in [5, 5.41) is 0. The van der Waals surface area contributed by atoms with Gasteiger partial charge in [0.25, 0.3) is 0 Å². The Bertz CT molecular complexity index is 15.2. The van der Waals surface area contributed by atoms with Crippen LogP contribution in [-0.4, -0.2) is 23.2 Å². The molecule has 29 valence electrons. The second-order valence-corrected chi connectivity index (χ2v) is 6.59. The second kappa shape index (κ2) is 2.13. The molecule has 0 amide bonds. The Morgan fingerprint density at radius 3 is 1.80 bits per heavy atom. The van der Waals surface area contributed by atoms with Crippen molar-refractivity contribution in [3.63, 3.8) is 0 Å². The van der Waals surface area contributed by atoms with Crippen LogP contribution in [0, 0.1) is 0 Å². The Morgan fingerprint density at radius 1 is 1.00 bits per heavy atom.